The molecule has 0 aromatic heterocycles. The standard InChI is InChI=1S/C24H32N2O9S/c1-16-12-17-14-20(27)24-10-8-22(35-24)34-21(13-16)23(17,24)9-5-11-25(33-15-32-2)36(30,31)19-7-4-3-6-18(19)26(28)29/h3-4,6-7,16-17,21-22H,5,8-15H2,1-2H3/t16?,17-,21?,22?,23+,24-/m0/s1. The van der Waals surface area contributed by atoms with Gasteiger partial charge in [0.1, 0.15) is 5.60 Å². The molecule has 0 amide bonds. The van der Waals surface area contributed by atoms with Crippen molar-refractivity contribution in [3.8, 4) is 0 Å². The van der Waals surface area contributed by atoms with Crippen LogP contribution in [-0.4, -0.2) is 62.0 Å². The number of hydrogen-bond donors (Lipinski definition) is 0. The first-order valence-electron chi connectivity index (χ1n) is 12.4. The van der Waals surface area contributed by atoms with Crippen LogP contribution in [0.2, 0.25) is 0 Å². The lowest BCUT2D eigenvalue weighted by molar-refractivity contribution is -0.388. The molecule has 1 spiro atoms. The number of para-hydroxylation sites is 1. The second-order valence-corrected chi connectivity index (χ2v) is 12.2. The molecule has 11 nitrogen and oxygen atoms in total. The van der Waals surface area contributed by atoms with Gasteiger partial charge in [0.05, 0.1) is 11.0 Å². The Kier molecular flexibility index (Phi) is 6.71. The first kappa shape index (κ1) is 25.7. The number of nitro groups is 1. The minimum atomic E-state index is -4.37. The number of nitro benzene ring substituents is 1. The zero-order chi connectivity index (χ0) is 25.7. The highest BCUT2D eigenvalue weighted by Gasteiger charge is 2.74. The first-order valence-corrected chi connectivity index (χ1v) is 13.8. The van der Waals surface area contributed by atoms with Gasteiger partial charge in [-0.3, -0.25) is 19.7 Å². The molecule has 4 fully saturated rings. The number of benzene rings is 1. The average Bonchev–Trinajstić information content (AvgIpc) is 3.32. The quantitative estimate of drug-likeness (QED) is 0.257. The van der Waals surface area contributed by atoms with Crippen LogP contribution < -0.4 is 0 Å². The minimum absolute atomic E-state index is 0.0673. The monoisotopic (exact) mass is 524 g/mol. The number of ketones is 1. The van der Waals surface area contributed by atoms with Crippen LogP contribution in [0.15, 0.2) is 29.2 Å². The smallest absolute Gasteiger partial charge is 0.289 e. The molecule has 2 heterocycles. The Morgan fingerprint density at radius 1 is 1.28 bits per heavy atom. The lowest BCUT2D eigenvalue weighted by Gasteiger charge is -2.56. The molecule has 12 heteroatoms. The summed E-state index contributed by atoms with van der Waals surface area (Å²) in [6.07, 6.45) is 3.88. The Hall–Kier alpha value is -1.96. The van der Waals surface area contributed by atoms with Crippen LogP contribution >= 0.6 is 0 Å². The predicted octanol–water partition coefficient (Wildman–Crippen LogP) is 3.18. The van der Waals surface area contributed by atoms with Crippen molar-refractivity contribution in [1.29, 1.82) is 0 Å². The summed E-state index contributed by atoms with van der Waals surface area (Å²) in [7, 11) is -3.01. The molecule has 0 N–H and O–H groups in total. The number of methoxy groups -OCH3 is 1. The van der Waals surface area contributed by atoms with Crippen LogP contribution in [0.5, 0.6) is 0 Å². The molecule has 5 rings (SSSR count). The minimum Gasteiger partial charge on any atom is -0.357 e. The van der Waals surface area contributed by atoms with Crippen LogP contribution in [-0.2, 0) is 33.9 Å². The summed E-state index contributed by atoms with van der Waals surface area (Å²) >= 11 is 0. The van der Waals surface area contributed by atoms with Gasteiger partial charge in [0.25, 0.3) is 15.7 Å². The maximum atomic E-state index is 13.4. The third-order valence-electron chi connectivity index (χ3n) is 8.47. The molecule has 6 atom stereocenters. The second-order valence-electron chi connectivity index (χ2n) is 10.4. The molecule has 36 heavy (non-hydrogen) atoms. The van der Waals surface area contributed by atoms with Crippen LogP contribution in [0.1, 0.15) is 51.9 Å². The topological polar surface area (TPSA) is 135 Å². The fourth-order valence-electron chi connectivity index (χ4n) is 7.17. The van der Waals surface area contributed by atoms with Crippen molar-refractivity contribution in [1.82, 2.24) is 4.47 Å². The summed E-state index contributed by atoms with van der Waals surface area (Å²) in [5, 5.41) is 11.5. The zero-order valence-corrected chi connectivity index (χ0v) is 21.3. The highest BCUT2D eigenvalue weighted by molar-refractivity contribution is 7.89. The number of sulfonamides is 1. The first-order chi connectivity index (χ1) is 17.2. The van der Waals surface area contributed by atoms with Crippen LogP contribution in [0, 0.1) is 27.4 Å². The summed E-state index contributed by atoms with van der Waals surface area (Å²) in [6, 6.07) is 5.17. The van der Waals surface area contributed by atoms with Crippen molar-refractivity contribution in [2.75, 3.05) is 20.4 Å². The fraction of sp³-hybridized carbons (Fsp3) is 0.708. The van der Waals surface area contributed by atoms with Gasteiger partial charge in [-0.05, 0) is 50.0 Å². The summed E-state index contributed by atoms with van der Waals surface area (Å²) in [6.45, 7) is 1.77. The van der Waals surface area contributed by atoms with E-state index in [9.17, 15) is 23.3 Å². The number of hydroxylamine groups is 1. The van der Waals surface area contributed by atoms with Gasteiger partial charge in [-0.15, -0.1) is 0 Å². The third kappa shape index (κ3) is 3.81. The average molecular weight is 525 g/mol. The van der Waals surface area contributed by atoms with Gasteiger partial charge in [0, 0.05) is 38.0 Å². The fourth-order valence-corrected chi connectivity index (χ4v) is 8.60. The maximum Gasteiger partial charge on any atom is 0.289 e. The third-order valence-corrected chi connectivity index (χ3v) is 10.2. The largest absolute Gasteiger partial charge is 0.357 e. The van der Waals surface area contributed by atoms with E-state index in [1.807, 2.05) is 0 Å². The van der Waals surface area contributed by atoms with Crippen molar-refractivity contribution in [3.05, 3.63) is 34.4 Å². The SMILES string of the molecule is COCON(CCC[C@]12C3CC(C)C[C@H]1CC(=O)[C@@]21CCC(O3)O1)S(=O)(=O)c1ccccc1[N+](=O)[O-]. The van der Waals surface area contributed by atoms with E-state index in [-0.39, 0.29) is 37.4 Å². The molecule has 2 aliphatic carbocycles. The molecular weight excluding hydrogens is 492 g/mol. The summed E-state index contributed by atoms with van der Waals surface area (Å²) < 4.78 is 45.2. The highest BCUT2D eigenvalue weighted by atomic mass is 32.2. The van der Waals surface area contributed by atoms with Crippen molar-refractivity contribution in [2.24, 2.45) is 17.3 Å². The summed E-state index contributed by atoms with van der Waals surface area (Å²) in [5.41, 5.74) is -1.92. The van der Waals surface area contributed by atoms with Crippen LogP contribution in [0.3, 0.4) is 0 Å². The molecule has 3 unspecified atom stereocenters. The normalized spacial score (nSPS) is 35.2. The van der Waals surface area contributed by atoms with E-state index in [1.165, 1.54) is 25.3 Å². The number of carbonyl (C=O) groups excluding carboxylic acids is 1. The number of fused-ring (bicyclic) bond motifs is 1. The Balaban J connectivity index is 1.42. The maximum absolute atomic E-state index is 13.4. The second kappa shape index (κ2) is 9.41. The van der Waals surface area contributed by atoms with E-state index in [0.29, 0.717) is 38.0 Å². The van der Waals surface area contributed by atoms with Gasteiger partial charge < -0.3 is 14.2 Å². The molecule has 2 bridgehead atoms. The van der Waals surface area contributed by atoms with Crippen molar-refractivity contribution >= 4 is 21.5 Å². The van der Waals surface area contributed by atoms with Crippen LogP contribution in [0.4, 0.5) is 5.69 Å². The van der Waals surface area contributed by atoms with E-state index in [0.717, 1.165) is 23.4 Å². The Morgan fingerprint density at radius 3 is 2.81 bits per heavy atom. The number of carbonyl (C=O) groups is 1. The molecule has 1 aromatic rings. The molecule has 2 saturated carbocycles. The number of ether oxygens (including phenoxy) is 3. The van der Waals surface area contributed by atoms with E-state index < -0.39 is 36.5 Å². The van der Waals surface area contributed by atoms with Gasteiger partial charge in [0.15, 0.2) is 23.8 Å². The number of nitrogens with zero attached hydrogens (tertiary/aromatic N) is 2. The van der Waals surface area contributed by atoms with E-state index >= 15 is 0 Å². The van der Waals surface area contributed by atoms with Gasteiger partial charge >= 0.3 is 0 Å². The van der Waals surface area contributed by atoms with Gasteiger partial charge in [-0.1, -0.05) is 23.5 Å². The lowest BCUT2D eigenvalue weighted by atomic mass is 9.56. The van der Waals surface area contributed by atoms with Gasteiger partial charge in [-0.2, -0.15) is 0 Å². The lowest BCUT2D eigenvalue weighted by Crippen LogP contribution is -2.63. The predicted molar refractivity (Wildman–Crippen MR) is 125 cm³/mol. The molecule has 1 aromatic carbocycles. The molecule has 0 radical (unpaired) electrons. The summed E-state index contributed by atoms with van der Waals surface area (Å²) in [4.78, 5) is 29.0. The Bertz CT molecular complexity index is 1140. The summed E-state index contributed by atoms with van der Waals surface area (Å²) in [5.74, 6) is 0.671. The molecule has 198 valence electrons. The van der Waals surface area contributed by atoms with Crippen LogP contribution in [0.25, 0.3) is 0 Å². The molecular formula is C24H32N2O9S. The van der Waals surface area contributed by atoms with E-state index in [2.05, 4.69) is 6.92 Å². The van der Waals surface area contributed by atoms with E-state index in [4.69, 9.17) is 19.0 Å². The van der Waals surface area contributed by atoms with Gasteiger partial charge in [-0.25, -0.2) is 8.42 Å². The number of rotatable bonds is 10. The highest BCUT2D eigenvalue weighted by Crippen LogP contribution is 2.67. The number of Topliss-reactive ketones (excluding diaryl/α,β-unsaturated/α-hetero) is 1. The van der Waals surface area contributed by atoms with Gasteiger partial charge in [0.2, 0.25) is 0 Å². The molecule has 2 saturated heterocycles. The Labute approximate surface area is 210 Å². The van der Waals surface area contributed by atoms with E-state index in [1.54, 1.807) is 0 Å². The van der Waals surface area contributed by atoms with Crippen molar-refractivity contribution in [2.45, 2.75) is 74.8 Å². The molecule has 4 aliphatic rings. The molecule has 2 aliphatic heterocycles. The zero-order valence-electron chi connectivity index (χ0n) is 20.5. The Morgan fingerprint density at radius 2 is 2.06 bits per heavy atom. The van der Waals surface area contributed by atoms with Crippen molar-refractivity contribution < 1.29 is 37.2 Å². The van der Waals surface area contributed by atoms with Crippen molar-refractivity contribution in [3.63, 3.8) is 0 Å². The number of hydrogen-bond acceptors (Lipinski definition) is 9.